The maximum Gasteiger partial charge on any atom is 0.407 e. The second kappa shape index (κ2) is 10.5. The van der Waals surface area contributed by atoms with Crippen molar-refractivity contribution >= 4 is 32.9 Å². The number of hydrogen-bond donors (Lipinski definition) is 2. The standard InChI is InChI=1S/C25H29N5O6S/c1-25(2,3)35-24(31)26-14-19-10-11-30(27-19)15-18-12-20(34-4)22-21(13-18)36-28-23(22)29-37(32,33)16-17-8-6-5-7-9-17/h5-13H,14-16H2,1-4H3,(H,26,31)(H,28,29). The van der Waals surface area contributed by atoms with Gasteiger partial charge in [0.1, 0.15) is 16.7 Å². The van der Waals surface area contributed by atoms with Gasteiger partial charge in [-0.15, -0.1) is 0 Å². The molecule has 0 radical (unpaired) electrons. The van der Waals surface area contributed by atoms with Crippen molar-refractivity contribution in [3.63, 3.8) is 0 Å². The summed E-state index contributed by atoms with van der Waals surface area (Å²) >= 11 is 0. The highest BCUT2D eigenvalue weighted by atomic mass is 32.2. The molecule has 0 atom stereocenters. The third-order valence-electron chi connectivity index (χ3n) is 5.12. The molecule has 196 valence electrons. The number of methoxy groups -OCH3 is 1. The van der Waals surface area contributed by atoms with E-state index >= 15 is 0 Å². The van der Waals surface area contributed by atoms with Gasteiger partial charge >= 0.3 is 6.09 Å². The van der Waals surface area contributed by atoms with Gasteiger partial charge in [-0.2, -0.15) is 5.10 Å². The Bertz CT molecular complexity index is 1490. The fourth-order valence-corrected chi connectivity index (χ4v) is 4.78. The van der Waals surface area contributed by atoms with Gasteiger partial charge in [-0.1, -0.05) is 35.5 Å². The molecule has 0 unspecified atom stereocenters. The molecule has 2 aromatic carbocycles. The molecular formula is C25H29N5O6S. The second-order valence-corrected chi connectivity index (χ2v) is 11.1. The van der Waals surface area contributed by atoms with Gasteiger partial charge in [0.2, 0.25) is 10.0 Å². The Morgan fingerprint density at radius 2 is 1.86 bits per heavy atom. The van der Waals surface area contributed by atoms with E-state index < -0.39 is 21.7 Å². The topological polar surface area (TPSA) is 138 Å². The molecule has 0 saturated carbocycles. The predicted octanol–water partition coefficient (Wildman–Crippen LogP) is 4.05. The van der Waals surface area contributed by atoms with Gasteiger partial charge in [0.05, 0.1) is 31.6 Å². The van der Waals surface area contributed by atoms with Crippen molar-refractivity contribution in [2.75, 3.05) is 11.8 Å². The minimum atomic E-state index is -3.73. The monoisotopic (exact) mass is 527 g/mol. The largest absolute Gasteiger partial charge is 0.496 e. The number of rotatable bonds is 9. The lowest BCUT2D eigenvalue weighted by molar-refractivity contribution is 0.0522. The summed E-state index contributed by atoms with van der Waals surface area (Å²) in [6, 6.07) is 14.2. The van der Waals surface area contributed by atoms with Gasteiger partial charge in [-0.05, 0) is 50.1 Å². The maximum atomic E-state index is 12.7. The Kier molecular flexibility index (Phi) is 7.39. The number of carbonyl (C=O) groups excluding carboxylic acids is 1. The van der Waals surface area contributed by atoms with Crippen LogP contribution in [0.15, 0.2) is 59.3 Å². The highest BCUT2D eigenvalue weighted by molar-refractivity contribution is 7.91. The Morgan fingerprint density at radius 3 is 2.57 bits per heavy atom. The first kappa shape index (κ1) is 26.0. The van der Waals surface area contributed by atoms with Gasteiger partial charge in [-0.25, -0.2) is 13.2 Å². The molecule has 2 N–H and O–H groups in total. The van der Waals surface area contributed by atoms with Crippen LogP contribution in [0.25, 0.3) is 11.0 Å². The minimum absolute atomic E-state index is 0.0592. The van der Waals surface area contributed by atoms with Crippen LogP contribution in [-0.2, 0) is 33.6 Å². The quantitative estimate of drug-likeness (QED) is 0.333. The van der Waals surface area contributed by atoms with E-state index in [0.717, 1.165) is 5.56 Å². The number of hydrogen-bond acceptors (Lipinski definition) is 8. The molecule has 0 bridgehead atoms. The Hall–Kier alpha value is -4.06. The lowest BCUT2D eigenvalue weighted by Gasteiger charge is -2.19. The van der Waals surface area contributed by atoms with E-state index in [1.807, 2.05) is 6.07 Å². The van der Waals surface area contributed by atoms with Crippen molar-refractivity contribution in [2.45, 2.75) is 45.2 Å². The molecule has 0 aliphatic heterocycles. The average Bonchev–Trinajstić information content (AvgIpc) is 3.43. The minimum Gasteiger partial charge on any atom is -0.496 e. The number of amides is 1. The van der Waals surface area contributed by atoms with Gasteiger partial charge in [0.25, 0.3) is 0 Å². The Morgan fingerprint density at radius 1 is 1.11 bits per heavy atom. The van der Waals surface area contributed by atoms with E-state index in [9.17, 15) is 13.2 Å². The van der Waals surface area contributed by atoms with Crippen molar-refractivity contribution in [1.82, 2.24) is 20.3 Å². The molecule has 11 nitrogen and oxygen atoms in total. The predicted molar refractivity (Wildman–Crippen MR) is 138 cm³/mol. The van der Waals surface area contributed by atoms with Crippen molar-refractivity contribution in [2.24, 2.45) is 0 Å². The molecule has 0 saturated heterocycles. The van der Waals surface area contributed by atoms with Gasteiger partial charge in [0, 0.05) is 6.20 Å². The first-order valence-electron chi connectivity index (χ1n) is 11.5. The Labute approximate surface area is 214 Å². The fraction of sp³-hybridized carbons (Fsp3) is 0.320. The molecule has 2 heterocycles. The smallest absolute Gasteiger partial charge is 0.407 e. The summed E-state index contributed by atoms with van der Waals surface area (Å²) < 4.78 is 45.8. The van der Waals surface area contributed by atoms with Gasteiger partial charge < -0.3 is 19.3 Å². The zero-order valence-corrected chi connectivity index (χ0v) is 21.8. The normalized spacial score (nSPS) is 11.9. The number of benzene rings is 2. The van der Waals surface area contributed by atoms with Gasteiger partial charge in [-0.3, -0.25) is 9.40 Å². The van der Waals surface area contributed by atoms with E-state index in [1.165, 1.54) is 7.11 Å². The fourth-order valence-electron chi connectivity index (χ4n) is 3.64. The first-order valence-corrected chi connectivity index (χ1v) is 13.2. The number of ether oxygens (including phenoxy) is 2. The summed E-state index contributed by atoms with van der Waals surface area (Å²) in [6.45, 7) is 5.99. The van der Waals surface area contributed by atoms with Crippen LogP contribution in [0, 0.1) is 0 Å². The highest BCUT2D eigenvalue weighted by Gasteiger charge is 2.21. The number of nitrogens with one attached hydrogen (secondary N) is 2. The highest BCUT2D eigenvalue weighted by Crippen LogP contribution is 2.34. The summed E-state index contributed by atoms with van der Waals surface area (Å²) in [4.78, 5) is 11.9. The van der Waals surface area contributed by atoms with Crippen molar-refractivity contribution in [1.29, 1.82) is 0 Å². The number of nitrogens with zero attached hydrogens (tertiary/aromatic N) is 3. The molecule has 12 heteroatoms. The van der Waals surface area contributed by atoms with Crippen LogP contribution in [-0.4, -0.2) is 42.2 Å². The van der Waals surface area contributed by atoms with Crippen LogP contribution in [0.4, 0.5) is 10.6 Å². The average molecular weight is 528 g/mol. The molecule has 4 aromatic rings. The summed E-state index contributed by atoms with van der Waals surface area (Å²) in [5.41, 5.74) is 1.90. The molecule has 0 spiro atoms. The number of anilines is 1. The van der Waals surface area contributed by atoms with Crippen molar-refractivity contribution in [3.05, 3.63) is 71.5 Å². The molecule has 37 heavy (non-hydrogen) atoms. The van der Waals surface area contributed by atoms with E-state index in [1.54, 1.807) is 74.1 Å². The summed E-state index contributed by atoms with van der Waals surface area (Å²) in [7, 11) is -2.24. The van der Waals surface area contributed by atoms with Crippen LogP contribution in [0.3, 0.4) is 0 Å². The van der Waals surface area contributed by atoms with Crippen LogP contribution in [0.1, 0.15) is 37.6 Å². The SMILES string of the molecule is COc1cc(Cn2ccc(CNC(=O)OC(C)(C)C)n2)cc2onc(NS(=O)(=O)Cc3ccccc3)c12. The zero-order valence-electron chi connectivity index (χ0n) is 21.0. The molecule has 2 aromatic heterocycles. The van der Waals surface area contributed by atoms with Crippen molar-refractivity contribution in [3.8, 4) is 5.75 Å². The van der Waals surface area contributed by atoms with Gasteiger partial charge in [0.15, 0.2) is 11.4 Å². The van der Waals surface area contributed by atoms with E-state index in [-0.39, 0.29) is 18.1 Å². The number of alkyl carbamates (subject to hydrolysis) is 1. The zero-order chi connectivity index (χ0) is 26.6. The third-order valence-corrected chi connectivity index (χ3v) is 6.34. The Balaban J connectivity index is 1.47. The van der Waals surface area contributed by atoms with E-state index in [4.69, 9.17) is 14.0 Å². The second-order valence-electron chi connectivity index (χ2n) is 9.41. The van der Waals surface area contributed by atoms with Crippen molar-refractivity contribution < 1.29 is 27.2 Å². The van der Waals surface area contributed by atoms with Crippen LogP contribution < -0.4 is 14.8 Å². The number of aromatic nitrogens is 3. The lowest BCUT2D eigenvalue weighted by atomic mass is 10.1. The molecule has 0 aliphatic rings. The molecule has 4 rings (SSSR count). The number of carbonyl (C=O) groups is 1. The van der Waals surface area contributed by atoms with Crippen LogP contribution in [0.5, 0.6) is 5.75 Å². The summed E-state index contributed by atoms with van der Waals surface area (Å²) in [5, 5.41) is 11.5. The van der Waals surface area contributed by atoms with E-state index in [0.29, 0.717) is 34.5 Å². The third kappa shape index (κ3) is 7.00. The van der Waals surface area contributed by atoms with Crippen LogP contribution >= 0.6 is 0 Å². The number of fused-ring (bicyclic) bond motifs is 1. The maximum absolute atomic E-state index is 12.7. The summed E-state index contributed by atoms with van der Waals surface area (Å²) in [5.74, 6) is 0.265. The number of sulfonamides is 1. The molecule has 1 amide bonds. The lowest BCUT2D eigenvalue weighted by Crippen LogP contribution is -2.32. The van der Waals surface area contributed by atoms with Crippen LogP contribution in [0.2, 0.25) is 0 Å². The molecule has 0 aliphatic carbocycles. The molecular weight excluding hydrogens is 498 g/mol. The summed E-state index contributed by atoms with van der Waals surface area (Å²) in [6.07, 6.45) is 1.27. The molecule has 0 fully saturated rings. The first-order chi connectivity index (χ1) is 17.5. The van der Waals surface area contributed by atoms with E-state index in [2.05, 4.69) is 20.3 Å².